The Morgan fingerprint density at radius 2 is 2.05 bits per heavy atom. The maximum atomic E-state index is 11.5. The van der Waals surface area contributed by atoms with Gasteiger partial charge < -0.3 is 0 Å². The minimum Gasteiger partial charge on any atom is -0.294 e. The summed E-state index contributed by atoms with van der Waals surface area (Å²) in [7, 11) is -3.92. The van der Waals surface area contributed by atoms with E-state index in [1.807, 2.05) is 0 Å². The summed E-state index contributed by atoms with van der Waals surface area (Å²) in [5, 5.41) is 12.5. The summed E-state index contributed by atoms with van der Waals surface area (Å²) in [6.45, 7) is 0. The molecule has 0 atom stereocenters. The topological polar surface area (TPSA) is 90.9 Å². The van der Waals surface area contributed by atoms with Crippen molar-refractivity contribution in [2.24, 2.45) is 5.14 Å². The van der Waals surface area contributed by atoms with Gasteiger partial charge in [0, 0.05) is 6.04 Å². The zero-order chi connectivity index (χ0) is 13.8. The number of primary sulfonamides is 1. The standard InChI is InChI=1S/C9H8Cl2N4O2S2/c10-6-3-5(7(11)18-6)8-13-14-9(19(12,16)17)15(8)4-1-2-4/h3-4H,1-2H2,(H2,12,16,17). The molecule has 1 saturated carbocycles. The summed E-state index contributed by atoms with van der Waals surface area (Å²) < 4.78 is 25.5. The predicted molar refractivity (Wildman–Crippen MR) is 73.0 cm³/mol. The maximum Gasteiger partial charge on any atom is 0.273 e. The number of thiophene rings is 1. The lowest BCUT2D eigenvalue weighted by Gasteiger charge is -2.06. The third-order valence-electron chi connectivity index (χ3n) is 2.73. The molecule has 0 bridgehead atoms. The SMILES string of the molecule is NS(=O)(=O)c1nnc(-c2cc(Cl)sc2Cl)n1C1CC1. The average Bonchev–Trinajstić information content (AvgIpc) is 2.93. The molecule has 6 nitrogen and oxygen atoms in total. The molecule has 3 rings (SSSR count). The molecular weight excluding hydrogens is 331 g/mol. The second-order valence-corrected chi connectivity index (χ2v) is 7.93. The first-order chi connectivity index (χ1) is 8.88. The highest BCUT2D eigenvalue weighted by Crippen LogP contribution is 2.43. The number of nitrogens with zero attached hydrogens (tertiary/aromatic N) is 3. The summed E-state index contributed by atoms with van der Waals surface area (Å²) in [5.74, 6) is 0.389. The van der Waals surface area contributed by atoms with E-state index in [0.717, 1.165) is 12.8 Å². The number of rotatable bonds is 3. The van der Waals surface area contributed by atoms with Crippen molar-refractivity contribution in [3.63, 3.8) is 0 Å². The number of sulfonamides is 1. The summed E-state index contributed by atoms with van der Waals surface area (Å²) in [4.78, 5) is 0. The fourth-order valence-electron chi connectivity index (χ4n) is 1.81. The van der Waals surface area contributed by atoms with Gasteiger partial charge in [-0.3, -0.25) is 4.57 Å². The molecular formula is C9H8Cl2N4O2S2. The quantitative estimate of drug-likeness (QED) is 0.929. The Bertz CT molecular complexity index is 748. The average molecular weight is 339 g/mol. The Hall–Kier alpha value is -0.670. The molecule has 0 unspecified atom stereocenters. The van der Waals surface area contributed by atoms with Gasteiger partial charge in [0.15, 0.2) is 5.82 Å². The summed E-state index contributed by atoms with van der Waals surface area (Å²) >= 11 is 13.2. The van der Waals surface area contributed by atoms with Crippen molar-refractivity contribution >= 4 is 44.6 Å². The number of aromatic nitrogens is 3. The van der Waals surface area contributed by atoms with E-state index in [2.05, 4.69) is 10.2 Å². The third-order valence-corrected chi connectivity index (χ3v) is 5.00. The van der Waals surface area contributed by atoms with E-state index in [9.17, 15) is 8.42 Å². The molecule has 2 heterocycles. The second-order valence-electron chi connectivity index (χ2n) is 4.19. The highest BCUT2D eigenvalue weighted by molar-refractivity contribution is 7.89. The fraction of sp³-hybridized carbons (Fsp3) is 0.333. The highest BCUT2D eigenvalue weighted by atomic mass is 35.5. The lowest BCUT2D eigenvalue weighted by molar-refractivity contribution is 0.567. The molecule has 2 aromatic heterocycles. The molecule has 0 amide bonds. The van der Waals surface area contributed by atoms with Gasteiger partial charge in [-0.25, -0.2) is 13.6 Å². The van der Waals surface area contributed by atoms with Gasteiger partial charge in [0.05, 0.1) is 9.90 Å². The fourth-order valence-corrected chi connectivity index (χ4v) is 3.93. The normalized spacial score (nSPS) is 15.9. The van der Waals surface area contributed by atoms with Crippen LogP contribution in [-0.4, -0.2) is 23.2 Å². The van der Waals surface area contributed by atoms with Crippen molar-refractivity contribution in [1.82, 2.24) is 14.8 Å². The smallest absolute Gasteiger partial charge is 0.273 e. The summed E-state index contributed by atoms with van der Waals surface area (Å²) in [6, 6.07) is 1.69. The van der Waals surface area contributed by atoms with E-state index in [-0.39, 0.29) is 11.2 Å². The molecule has 102 valence electrons. The lowest BCUT2D eigenvalue weighted by atomic mass is 10.3. The molecule has 0 radical (unpaired) electrons. The maximum absolute atomic E-state index is 11.5. The van der Waals surface area contributed by atoms with Crippen LogP contribution in [0.15, 0.2) is 11.2 Å². The van der Waals surface area contributed by atoms with Crippen molar-refractivity contribution in [2.45, 2.75) is 24.0 Å². The highest BCUT2D eigenvalue weighted by Gasteiger charge is 2.34. The molecule has 0 aromatic carbocycles. The van der Waals surface area contributed by atoms with Crippen LogP contribution in [0, 0.1) is 0 Å². The summed E-state index contributed by atoms with van der Waals surface area (Å²) in [5.41, 5.74) is 0.575. The first kappa shape index (κ1) is 13.3. The van der Waals surface area contributed by atoms with Crippen molar-refractivity contribution in [1.29, 1.82) is 0 Å². The van der Waals surface area contributed by atoms with Crippen LogP contribution in [0.4, 0.5) is 0 Å². The molecule has 0 spiro atoms. The molecule has 2 N–H and O–H groups in total. The zero-order valence-electron chi connectivity index (χ0n) is 9.38. The van der Waals surface area contributed by atoms with E-state index in [1.165, 1.54) is 15.9 Å². The molecule has 0 aliphatic heterocycles. The van der Waals surface area contributed by atoms with E-state index in [4.69, 9.17) is 28.3 Å². The van der Waals surface area contributed by atoms with Gasteiger partial charge in [0.1, 0.15) is 4.34 Å². The van der Waals surface area contributed by atoms with Gasteiger partial charge in [-0.1, -0.05) is 23.2 Å². The zero-order valence-corrected chi connectivity index (χ0v) is 12.5. The molecule has 19 heavy (non-hydrogen) atoms. The first-order valence-electron chi connectivity index (χ1n) is 5.31. The molecule has 2 aromatic rings. The van der Waals surface area contributed by atoms with Gasteiger partial charge in [-0.05, 0) is 18.9 Å². The van der Waals surface area contributed by atoms with E-state index >= 15 is 0 Å². The van der Waals surface area contributed by atoms with Crippen LogP contribution in [0.2, 0.25) is 8.67 Å². The number of hydrogen-bond acceptors (Lipinski definition) is 5. The number of nitrogens with two attached hydrogens (primary N) is 1. The monoisotopic (exact) mass is 338 g/mol. The van der Waals surface area contributed by atoms with Crippen LogP contribution in [0.3, 0.4) is 0 Å². The largest absolute Gasteiger partial charge is 0.294 e. The van der Waals surface area contributed by atoms with Crippen molar-refractivity contribution in [3.8, 4) is 11.4 Å². The van der Waals surface area contributed by atoms with E-state index in [1.54, 1.807) is 6.07 Å². The third kappa shape index (κ3) is 2.38. The van der Waals surface area contributed by atoms with Gasteiger partial charge in [-0.15, -0.1) is 21.5 Å². The van der Waals surface area contributed by atoms with Gasteiger partial charge >= 0.3 is 0 Å². The van der Waals surface area contributed by atoms with Crippen LogP contribution < -0.4 is 5.14 Å². The van der Waals surface area contributed by atoms with Gasteiger partial charge in [0.2, 0.25) is 0 Å². The lowest BCUT2D eigenvalue weighted by Crippen LogP contribution is -2.18. The first-order valence-corrected chi connectivity index (χ1v) is 8.42. The molecule has 1 aliphatic carbocycles. The Morgan fingerprint density at radius 1 is 1.37 bits per heavy atom. The van der Waals surface area contributed by atoms with Crippen LogP contribution in [-0.2, 0) is 10.0 Å². The van der Waals surface area contributed by atoms with Crippen molar-refractivity contribution < 1.29 is 8.42 Å². The van der Waals surface area contributed by atoms with E-state index in [0.29, 0.717) is 20.1 Å². The van der Waals surface area contributed by atoms with Gasteiger partial charge in [0.25, 0.3) is 15.2 Å². The van der Waals surface area contributed by atoms with Crippen molar-refractivity contribution in [2.75, 3.05) is 0 Å². The Morgan fingerprint density at radius 3 is 2.53 bits per heavy atom. The van der Waals surface area contributed by atoms with Crippen molar-refractivity contribution in [3.05, 3.63) is 14.7 Å². The molecule has 10 heteroatoms. The van der Waals surface area contributed by atoms with Crippen LogP contribution >= 0.6 is 34.5 Å². The van der Waals surface area contributed by atoms with Crippen LogP contribution in [0.1, 0.15) is 18.9 Å². The van der Waals surface area contributed by atoms with Crippen LogP contribution in [0.5, 0.6) is 0 Å². The Balaban J connectivity index is 2.23. The predicted octanol–water partition coefficient (Wildman–Crippen LogP) is 2.30. The molecule has 1 aliphatic rings. The minimum atomic E-state index is -3.92. The Kier molecular flexibility index (Phi) is 3.10. The van der Waals surface area contributed by atoms with E-state index < -0.39 is 10.0 Å². The minimum absolute atomic E-state index is 0.0491. The second kappa shape index (κ2) is 4.42. The van der Waals surface area contributed by atoms with Crippen LogP contribution in [0.25, 0.3) is 11.4 Å². The number of halogens is 2. The number of hydrogen-bond donors (Lipinski definition) is 1. The Labute approximate surface area is 123 Å². The molecule has 1 fully saturated rings. The summed E-state index contributed by atoms with van der Waals surface area (Å²) in [6.07, 6.45) is 1.73. The van der Waals surface area contributed by atoms with Gasteiger partial charge in [-0.2, -0.15) is 0 Å². The molecule has 0 saturated heterocycles.